The lowest BCUT2D eigenvalue weighted by atomic mass is 10.1. The molecule has 1 amide bonds. The van der Waals surface area contributed by atoms with Crippen molar-refractivity contribution in [3.05, 3.63) is 76.5 Å². The number of aromatic nitrogens is 1. The fraction of sp³-hybridized carbons (Fsp3) is 0.143. The van der Waals surface area contributed by atoms with Gasteiger partial charge in [-0.3, -0.25) is 4.79 Å². The number of hydrogen-bond acceptors (Lipinski definition) is 4. The van der Waals surface area contributed by atoms with Crippen molar-refractivity contribution in [3.63, 3.8) is 0 Å². The first-order chi connectivity index (χ1) is 12.8. The van der Waals surface area contributed by atoms with Crippen molar-refractivity contribution < 1.29 is 9.32 Å². The molecule has 0 N–H and O–H groups in total. The lowest BCUT2D eigenvalue weighted by molar-refractivity contribution is 0.0754. The van der Waals surface area contributed by atoms with Crippen molar-refractivity contribution in [2.45, 2.75) is 13.5 Å². The van der Waals surface area contributed by atoms with Gasteiger partial charge in [0.15, 0.2) is 5.76 Å². The Kier molecular flexibility index (Phi) is 4.54. The molecule has 0 aliphatic heterocycles. The van der Waals surface area contributed by atoms with E-state index in [4.69, 9.17) is 4.52 Å². The van der Waals surface area contributed by atoms with Crippen molar-refractivity contribution in [1.29, 1.82) is 0 Å². The Hall–Kier alpha value is -2.92. The fourth-order valence-corrected chi connectivity index (χ4v) is 3.69. The van der Waals surface area contributed by atoms with Crippen LogP contribution in [-0.2, 0) is 6.54 Å². The SMILES string of the molecule is CCN(Cc1cccs1)C(=O)c1ccc2noc(-c3ccccc3)c2c1. The van der Waals surface area contributed by atoms with Crippen LogP contribution in [0, 0.1) is 0 Å². The van der Waals surface area contributed by atoms with Crippen molar-refractivity contribution in [2.75, 3.05) is 6.54 Å². The van der Waals surface area contributed by atoms with Gasteiger partial charge in [0.05, 0.1) is 11.9 Å². The summed E-state index contributed by atoms with van der Waals surface area (Å²) in [6.07, 6.45) is 0. The number of benzene rings is 2. The summed E-state index contributed by atoms with van der Waals surface area (Å²) in [6, 6.07) is 19.4. The van der Waals surface area contributed by atoms with Crippen LogP contribution >= 0.6 is 11.3 Å². The van der Waals surface area contributed by atoms with Crippen LogP contribution in [-0.4, -0.2) is 22.5 Å². The molecule has 26 heavy (non-hydrogen) atoms. The summed E-state index contributed by atoms with van der Waals surface area (Å²) in [5, 5.41) is 7.01. The lowest BCUT2D eigenvalue weighted by Gasteiger charge is -2.20. The van der Waals surface area contributed by atoms with Gasteiger partial charge >= 0.3 is 0 Å². The van der Waals surface area contributed by atoms with E-state index in [0.717, 1.165) is 16.5 Å². The highest BCUT2D eigenvalue weighted by atomic mass is 32.1. The number of carbonyl (C=O) groups is 1. The highest BCUT2D eigenvalue weighted by molar-refractivity contribution is 7.09. The molecule has 5 heteroatoms. The Balaban J connectivity index is 1.69. The van der Waals surface area contributed by atoms with Crippen LogP contribution in [0.1, 0.15) is 22.2 Å². The third kappa shape index (κ3) is 3.13. The van der Waals surface area contributed by atoms with Gasteiger partial charge in [0.1, 0.15) is 5.52 Å². The van der Waals surface area contributed by atoms with Gasteiger partial charge in [-0.05, 0) is 36.6 Å². The maximum absolute atomic E-state index is 13.0. The predicted octanol–water partition coefficient (Wildman–Crippen LogP) is 5.22. The molecule has 0 bridgehead atoms. The maximum Gasteiger partial charge on any atom is 0.254 e. The molecule has 0 radical (unpaired) electrons. The monoisotopic (exact) mass is 362 g/mol. The zero-order chi connectivity index (χ0) is 17.9. The third-order valence-electron chi connectivity index (χ3n) is 4.36. The van der Waals surface area contributed by atoms with Gasteiger partial charge in [-0.25, -0.2) is 0 Å². The van der Waals surface area contributed by atoms with Crippen LogP contribution in [0.5, 0.6) is 0 Å². The van der Waals surface area contributed by atoms with Crippen LogP contribution in [0.3, 0.4) is 0 Å². The van der Waals surface area contributed by atoms with Crippen LogP contribution in [0.25, 0.3) is 22.2 Å². The smallest absolute Gasteiger partial charge is 0.254 e. The van der Waals surface area contributed by atoms with E-state index in [2.05, 4.69) is 11.2 Å². The molecule has 0 aliphatic carbocycles. The van der Waals surface area contributed by atoms with Crippen LogP contribution in [0.15, 0.2) is 70.6 Å². The number of hydrogen-bond donors (Lipinski definition) is 0. The summed E-state index contributed by atoms with van der Waals surface area (Å²) in [7, 11) is 0. The minimum atomic E-state index is 0.0167. The maximum atomic E-state index is 13.0. The topological polar surface area (TPSA) is 46.3 Å². The van der Waals surface area contributed by atoms with Gasteiger partial charge in [0, 0.05) is 22.5 Å². The summed E-state index contributed by atoms with van der Waals surface area (Å²) in [5.41, 5.74) is 2.35. The molecule has 130 valence electrons. The van der Waals surface area contributed by atoms with Gasteiger partial charge in [-0.15, -0.1) is 11.3 Å². The van der Waals surface area contributed by atoms with Gasteiger partial charge in [0.2, 0.25) is 0 Å². The molecule has 0 saturated carbocycles. The first kappa shape index (κ1) is 16.5. The second-order valence-corrected chi connectivity index (χ2v) is 7.04. The number of thiophene rings is 1. The Morgan fingerprint density at radius 3 is 2.69 bits per heavy atom. The summed E-state index contributed by atoms with van der Waals surface area (Å²) < 4.78 is 5.53. The number of nitrogens with zero attached hydrogens (tertiary/aromatic N) is 2. The van der Waals surface area contributed by atoms with E-state index in [1.165, 1.54) is 4.88 Å². The zero-order valence-corrected chi connectivity index (χ0v) is 15.2. The molecule has 0 fully saturated rings. The Bertz CT molecular complexity index is 1020. The van der Waals surface area contributed by atoms with E-state index in [9.17, 15) is 4.79 Å². The molecule has 0 saturated heterocycles. The molecule has 0 spiro atoms. The van der Waals surface area contributed by atoms with Crippen molar-refractivity contribution >= 4 is 28.1 Å². The third-order valence-corrected chi connectivity index (χ3v) is 5.22. The van der Waals surface area contributed by atoms with E-state index < -0.39 is 0 Å². The number of carbonyl (C=O) groups excluding carboxylic acids is 1. The molecule has 4 aromatic rings. The highest BCUT2D eigenvalue weighted by Gasteiger charge is 2.18. The average molecular weight is 362 g/mol. The Morgan fingerprint density at radius 2 is 1.96 bits per heavy atom. The summed E-state index contributed by atoms with van der Waals surface area (Å²) >= 11 is 1.66. The molecule has 0 aliphatic rings. The van der Waals surface area contributed by atoms with Gasteiger partial charge in [0.25, 0.3) is 5.91 Å². The largest absolute Gasteiger partial charge is 0.355 e. The van der Waals surface area contributed by atoms with E-state index >= 15 is 0 Å². The van der Waals surface area contributed by atoms with E-state index in [1.807, 2.05) is 71.8 Å². The summed E-state index contributed by atoms with van der Waals surface area (Å²) in [5.74, 6) is 0.708. The molecule has 4 nitrogen and oxygen atoms in total. The number of rotatable bonds is 5. The molecule has 2 aromatic heterocycles. The molecule has 0 unspecified atom stereocenters. The van der Waals surface area contributed by atoms with Crippen molar-refractivity contribution in [3.8, 4) is 11.3 Å². The Morgan fingerprint density at radius 1 is 1.12 bits per heavy atom. The van der Waals surface area contributed by atoms with E-state index in [1.54, 1.807) is 11.3 Å². The molecule has 4 rings (SSSR count). The molecular formula is C21H18N2O2S. The first-order valence-corrected chi connectivity index (χ1v) is 9.40. The van der Waals surface area contributed by atoms with E-state index in [0.29, 0.717) is 24.4 Å². The zero-order valence-electron chi connectivity index (χ0n) is 14.4. The Labute approximate surface area is 155 Å². The highest BCUT2D eigenvalue weighted by Crippen LogP contribution is 2.29. The quantitative estimate of drug-likeness (QED) is 0.489. The predicted molar refractivity (Wildman–Crippen MR) is 104 cm³/mol. The fourth-order valence-electron chi connectivity index (χ4n) is 2.97. The van der Waals surface area contributed by atoms with Crippen molar-refractivity contribution in [1.82, 2.24) is 10.1 Å². The number of amides is 1. The molecule has 2 aromatic carbocycles. The number of fused-ring (bicyclic) bond motifs is 1. The summed E-state index contributed by atoms with van der Waals surface area (Å²) in [4.78, 5) is 16.0. The second-order valence-electron chi connectivity index (χ2n) is 6.01. The first-order valence-electron chi connectivity index (χ1n) is 8.53. The minimum Gasteiger partial charge on any atom is -0.355 e. The van der Waals surface area contributed by atoms with Crippen LogP contribution in [0.4, 0.5) is 0 Å². The standard InChI is InChI=1S/C21H18N2O2S/c1-2-23(14-17-9-6-12-26-17)21(24)16-10-11-19-18(13-16)20(25-22-19)15-7-4-3-5-8-15/h3-13H,2,14H2,1H3. The second kappa shape index (κ2) is 7.14. The van der Waals surface area contributed by atoms with Gasteiger partial charge in [-0.1, -0.05) is 41.6 Å². The summed E-state index contributed by atoms with van der Waals surface area (Å²) in [6.45, 7) is 3.28. The van der Waals surface area contributed by atoms with Gasteiger partial charge < -0.3 is 9.42 Å². The molecular weight excluding hydrogens is 344 g/mol. The lowest BCUT2D eigenvalue weighted by Crippen LogP contribution is -2.29. The minimum absolute atomic E-state index is 0.0167. The average Bonchev–Trinajstić information content (AvgIpc) is 3.35. The van der Waals surface area contributed by atoms with E-state index in [-0.39, 0.29) is 5.91 Å². The van der Waals surface area contributed by atoms with Crippen LogP contribution < -0.4 is 0 Å². The molecule has 2 heterocycles. The van der Waals surface area contributed by atoms with Gasteiger partial charge in [-0.2, -0.15) is 0 Å². The van der Waals surface area contributed by atoms with Crippen molar-refractivity contribution in [2.24, 2.45) is 0 Å². The normalized spacial score (nSPS) is 11.0. The molecule has 0 atom stereocenters. The van der Waals surface area contributed by atoms with Crippen LogP contribution in [0.2, 0.25) is 0 Å².